The minimum absolute atomic E-state index is 0.731. The third-order valence-electron chi connectivity index (χ3n) is 15.0. The molecule has 13 rings (SSSR count). The summed E-state index contributed by atoms with van der Waals surface area (Å²) in [6.45, 7) is 6.48. The molecule has 0 saturated heterocycles. The summed E-state index contributed by atoms with van der Waals surface area (Å²) in [5, 5.41) is 2.34. The van der Waals surface area contributed by atoms with Crippen LogP contribution in [0.4, 0.5) is 34.1 Å². The van der Waals surface area contributed by atoms with Crippen molar-refractivity contribution in [3.8, 4) is 61.8 Å². The van der Waals surface area contributed by atoms with Gasteiger partial charge in [-0.3, -0.25) is 0 Å². The van der Waals surface area contributed by atoms with Gasteiger partial charge in [-0.1, -0.05) is 176 Å². The number of hydrogen-bond donors (Lipinski definition) is 0. The van der Waals surface area contributed by atoms with Gasteiger partial charge >= 0.3 is 0 Å². The smallest absolute Gasteiger partial charge is 0.160 e. The Balaban J connectivity index is 0.857. The Morgan fingerprint density at radius 1 is 0.282 bits per heavy atom. The minimum Gasteiger partial charge on any atom is -0.310 e. The van der Waals surface area contributed by atoms with Gasteiger partial charge in [0.05, 0.1) is 22.4 Å². The van der Waals surface area contributed by atoms with Crippen LogP contribution in [-0.4, -0.2) is 14.5 Å². The average molecular weight is 1000 g/mol. The number of hydrogen-bond acceptors (Lipinski definition) is 4. The summed E-state index contributed by atoms with van der Waals surface area (Å²) in [5.41, 5.74) is 23.2. The number of nitrogens with zero attached hydrogens (tertiary/aromatic N) is 5. The van der Waals surface area contributed by atoms with Gasteiger partial charge in [-0.25, -0.2) is 9.97 Å². The zero-order chi connectivity index (χ0) is 52.5. The van der Waals surface area contributed by atoms with Crippen molar-refractivity contribution in [2.45, 2.75) is 20.8 Å². The van der Waals surface area contributed by atoms with E-state index in [0.717, 1.165) is 101 Å². The summed E-state index contributed by atoms with van der Waals surface area (Å²) in [5.74, 6) is 0.731. The first kappa shape index (κ1) is 47.6. The van der Waals surface area contributed by atoms with Crippen molar-refractivity contribution in [1.29, 1.82) is 0 Å². The van der Waals surface area contributed by atoms with E-state index in [0.29, 0.717) is 0 Å². The molecule has 0 aliphatic rings. The molecule has 0 aliphatic carbocycles. The van der Waals surface area contributed by atoms with Crippen molar-refractivity contribution in [3.63, 3.8) is 0 Å². The lowest BCUT2D eigenvalue weighted by molar-refractivity contribution is 1.17. The van der Waals surface area contributed by atoms with E-state index in [1.54, 1.807) is 0 Å². The number of benzene rings is 11. The lowest BCUT2D eigenvalue weighted by atomic mass is 9.96. The molecule has 0 atom stereocenters. The molecule has 0 spiro atoms. The molecule has 2 aromatic heterocycles. The molecule has 13 aromatic rings. The zero-order valence-electron chi connectivity index (χ0n) is 43.8. The molecule has 0 radical (unpaired) electrons. The predicted molar refractivity (Wildman–Crippen MR) is 327 cm³/mol. The Morgan fingerprint density at radius 3 is 1.15 bits per heavy atom. The molecule has 5 nitrogen and oxygen atoms in total. The van der Waals surface area contributed by atoms with E-state index in [-0.39, 0.29) is 0 Å². The first-order chi connectivity index (χ1) is 38.4. The Bertz CT molecular complexity index is 3980. The number of anilines is 6. The highest BCUT2D eigenvalue weighted by Crippen LogP contribution is 2.43. The van der Waals surface area contributed by atoms with Crippen molar-refractivity contribution < 1.29 is 0 Å². The van der Waals surface area contributed by atoms with E-state index in [2.05, 4.69) is 314 Å². The fourth-order valence-corrected chi connectivity index (χ4v) is 11.1. The molecular weight excluding hydrogens is 947 g/mol. The largest absolute Gasteiger partial charge is 0.310 e. The summed E-state index contributed by atoms with van der Waals surface area (Å²) in [6, 6.07) is 99.9. The first-order valence-electron chi connectivity index (χ1n) is 26.6. The van der Waals surface area contributed by atoms with Crippen LogP contribution >= 0.6 is 0 Å². The van der Waals surface area contributed by atoms with Crippen LogP contribution in [-0.2, 0) is 0 Å². The van der Waals surface area contributed by atoms with Crippen molar-refractivity contribution in [3.05, 3.63) is 296 Å². The van der Waals surface area contributed by atoms with Gasteiger partial charge in [0.15, 0.2) is 5.82 Å². The Kier molecular flexibility index (Phi) is 12.5. The molecule has 0 unspecified atom stereocenters. The summed E-state index contributed by atoms with van der Waals surface area (Å²) in [6.07, 6.45) is 0. The maximum absolute atomic E-state index is 5.14. The highest BCUT2D eigenvalue weighted by Gasteiger charge is 2.21. The van der Waals surface area contributed by atoms with E-state index >= 15 is 0 Å². The Labute approximate surface area is 456 Å². The van der Waals surface area contributed by atoms with E-state index < -0.39 is 0 Å². The highest BCUT2D eigenvalue weighted by atomic mass is 15.1. The zero-order valence-corrected chi connectivity index (χ0v) is 43.8. The molecule has 5 heteroatoms. The number of aryl methyl sites for hydroxylation is 3. The second-order valence-electron chi connectivity index (χ2n) is 20.0. The van der Waals surface area contributed by atoms with Crippen LogP contribution in [0.25, 0.3) is 83.6 Å². The summed E-state index contributed by atoms with van der Waals surface area (Å²) in [4.78, 5) is 14.9. The molecular formula is C73H55N5. The van der Waals surface area contributed by atoms with E-state index in [9.17, 15) is 0 Å². The predicted octanol–water partition coefficient (Wildman–Crippen LogP) is 19.8. The molecule has 0 fully saturated rings. The van der Waals surface area contributed by atoms with Crippen molar-refractivity contribution in [1.82, 2.24) is 14.5 Å². The van der Waals surface area contributed by atoms with Crippen LogP contribution < -0.4 is 9.80 Å². The molecule has 0 bridgehead atoms. The van der Waals surface area contributed by atoms with Crippen LogP contribution in [0.1, 0.15) is 16.7 Å². The second-order valence-corrected chi connectivity index (χ2v) is 20.0. The highest BCUT2D eigenvalue weighted by molar-refractivity contribution is 6.12. The summed E-state index contributed by atoms with van der Waals surface area (Å²) in [7, 11) is 0. The molecule has 0 N–H and O–H groups in total. The normalized spacial score (nSPS) is 11.3. The van der Waals surface area contributed by atoms with Crippen LogP contribution in [0.3, 0.4) is 0 Å². The molecule has 2 heterocycles. The first-order valence-corrected chi connectivity index (χ1v) is 26.6. The summed E-state index contributed by atoms with van der Waals surface area (Å²) >= 11 is 0. The van der Waals surface area contributed by atoms with Crippen LogP contribution in [0, 0.1) is 20.8 Å². The molecule has 0 saturated carbocycles. The SMILES string of the molecule is Cc1cc(-n2c3ccc(N(c4ccccc4)c4ccccc4)cc3c3cc(N(c4ccccc4)c4ccccc4)ccc32)ccc1-c1ccc(-c2ccc(-c3cc(-c4ccccc4C)nc(-c4ccccc4C)n3)cc2)cc1. The third-order valence-corrected chi connectivity index (χ3v) is 15.0. The minimum atomic E-state index is 0.731. The van der Waals surface area contributed by atoms with Crippen molar-refractivity contribution >= 4 is 55.9 Å². The number of aromatic nitrogens is 3. The van der Waals surface area contributed by atoms with Crippen LogP contribution in [0.15, 0.2) is 279 Å². The fourth-order valence-electron chi connectivity index (χ4n) is 11.1. The van der Waals surface area contributed by atoms with Gasteiger partial charge in [-0.05, 0) is 163 Å². The van der Waals surface area contributed by atoms with Crippen molar-refractivity contribution in [2.24, 2.45) is 0 Å². The molecule has 78 heavy (non-hydrogen) atoms. The van der Waals surface area contributed by atoms with Crippen LogP contribution in [0.5, 0.6) is 0 Å². The quantitative estimate of drug-likeness (QED) is 0.122. The number of para-hydroxylation sites is 4. The molecule has 0 amide bonds. The lowest BCUT2D eigenvalue weighted by Gasteiger charge is -2.26. The molecule has 11 aromatic carbocycles. The molecule has 0 aliphatic heterocycles. The maximum atomic E-state index is 5.14. The van der Waals surface area contributed by atoms with Gasteiger partial charge in [0.1, 0.15) is 0 Å². The van der Waals surface area contributed by atoms with Gasteiger partial charge in [-0.2, -0.15) is 0 Å². The average Bonchev–Trinajstić information content (AvgIpc) is 4.01. The van der Waals surface area contributed by atoms with Gasteiger partial charge in [0.25, 0.3) is 0 Å². The number of rotatable bonds is 12. The lowest BCUT2D eigenvalue weighted by Crippen LogP contribution is -2.09. The second kappa shape index (κ2) is 20.6. The summed E-state index contributed by atoms with van der Waals surface area (Å²) < 4.78 is 2.43. The van der Waals surface area contributed by atoms with Crippen molar-refractivity contribution in [2.75, 3.05) is 9.80 Å². The maximum Gasteiger partial charge on any atom is 0.160 e. The van der Waals surface area contributed by atoms with Gasteiger partial charge in [0.2, 0.25) is 0 Å². The Hall–Kier alpha value is -10.1. The monoisotopic (exact) mass is 1000 g/mol. The van der Waals surface area contributed by atoms with E-state index in [4.69, 9.17) is 9.97 Å². The van der Waals surface area contributed by atoms with Crippen LogP contribution in [0.2, 0.25) is 0 Å². The Morgan fingerprint density at radius 2 is 0.692 bits per heavy atom. The van der Waals surface area contributed by atoms with Gasteiger partial charge < -0.3 is 14.4 Å². The fraction of sp³-hybridized carbons (Fsp3) is 0.0411. The standard InChI is InChI=1S/C73H55N5/c1-50-20-16-18-30-65(50)70-49-69(74-73(75-70)66-31-19-17-21-51(66)2)56-38-34-54(35-39-56)53-32-36-55(37-33-53)64-43-40-61(46-52(64)3)78-71-44-41-62(76(57-22-8-4-9-23-57)58-24-10-5-11-25-58)47-67(71)68-48-63(42-45-72(68)78)77(59-26-12-6-13-27-59)60-28-14-7-15-29-60/h4-49H,1-3H3. The molecule has 372 valence electrons. The topological polar surface area (TPSA) is 37.2 Å². The van der Waals surface area contributed by atoms with E-state index in [1.807, 2.05) is 0 Å². The van der Waals surface area contributed by atoms with Gasteiger partial charge in [0, 0.05) is 67.3 Å². The van der Waals surface area contributed by atoms with E-state index in [1.165, 1.54) is 33.0 Å². The van der Waals surface area contributed by atoms with Gasteiger partial charge in [-0.15, -0.1) is 0 Å². The third kappa shape index (κ3) is 9.07. The number of fused-ring (bicyclic) bond motifs is 3.